The SMILES string of the molecule is CC(C)N(C)CCNCc1occc1C(=O)O. The number of hydrogen-bond donors (Lipinski definition) is 2. The van der Waals surface area contributed by atoms with Crippen LogP contribution in [0.1, 0.15) is 30.0 Å². The Labute approximate surface area is 101 Å². The number of likely N-dealkylation sites (N-methyl/N-ethyl adjacent to an activating group) is 1. The Balaban J connectivity index is 2.31. The topological polar surface area (TPSA) is 65.7 Å². The molecule has 5 heteroatoms. The third-order valence-corrected chi connectivity index (χ3v) is 2.78. The first-order valence-corrected chi connectivity index (χ1v) is 5.73. The number of carboxylic acid groups (broad SMARTS) is 1. The van der Waals surface area contributed by atoms with Crippen molar-refractivity contribution in [2.75, 3.05) is 20.1 Å². The number of carboxylic acids is 1. The first-order chi connectivity index (χ1) is 8.02. The van der Waals surface area contributed by atoms with E-state index in [1.165, 1.54) is 12.3 Å². The molecule has 17 heavy (non-hydrogen) atoms. The predicted molar refractivity (Wildman–Crippen MR) is 65.1 cm³/mol. The van der Waals surface area contributed by atoms with Crippen LogP contribution >= 0.6 is 0 Å². The summed E-state index contributed by atoms with van der Waals surface area (Å²) < 4.78 is 5.12. The molecule has 0 bridgehead atoms. The lowest BCUT2D eigenvalue weighted by Gasteiger charge is -2.20. The first kappa shape index (κ1) is 13.7. The molecule has 0 radical (unpaired) electrons. The van der Waals surface area contributed by atoms with Gasteiger partial charge in [-0.15, -0.1) is 0 Å². The maximum atomic E-state index is 10.8. The van der Waals surface area contributed by atoms with Crippen molar-refractivity contribution in [2.45, 2.75) is 26.4 Å². The Hall–Kier alpha value is -1.33. The molecule has 0 spiro atoms. The molecule has 2 N–H and O–H groups in total. The van der Waals surface area contributed by atoms with Gasteiger partial charge >= 0.3 is 5.97 Å². The molecule has 0 aliphatic heterocycles. The average molecular weight is 240 g/mol. The Kier molecular flexibility index (Phi) is 5.18. The molecule has 1 rings (SSSR count). The van der Waals surface area contributed by atoms with E-state index in [0.717, 1.165) is 13.1 Å². The van der Waals surface area contributed by atoms with Gasteiger partial charge < -0.3 is 19.7 Å². The maximum absolute atomic E-state index is 10.8. The second-order valence-electron chi connectivity index (χ2n) is 4.31. The van der Waals surface area contributed by atoms with E-state index >= 15 is 0 Å². The van der Waals surface area contributed by atoms with Gasteiger partial charge in [0.05, 0.1) is 12.8 Å². The zero-order valence-electron chi connectivity index (χ0n) is 10.6. The van der Waals surface area contributed by atoms with Crippen LogP contribution in [0.25, 0.3) is 0 Å². The summed E-state index contributed by atoms with van der Waals surface area (Å²) in [5.41, 5.74) is 0.231. The summed E-state index contributed by atoms with van der Waals surface area (Å²) in [5.74, 6) is -0.473. The van der Waals surface area contributed by atoms with Gasteiger partial charge in [0.25, 0.3) is 0 Å². The van der Waals surface area contributed by atoms with Crippen molar-refractivity contribution in [3.05, 3.63) is 23.7 Å². The first-order valence-electron chi connectivity index (χ1n) is 5.73. The van der Waals surface area contributed by atoms with Crippen LogP contribution in [-0.4, -0.2) is 42.2 Å². The van der Waals surface area contributed by atoms with Crippen LogP contribution in [0.3, 0.4) is 0 Å². The van der Waals surface area contributed by atoms with Crippen molar-refractivity contribution >= 4 is 5.97 Å². The van der Waals surface area contributed by atoms with E-state index in [-0.39, 0.29) is 5.56 Å². The number of rotatable bonds is 7. The zero-order chi connectivity index (χ0) is 12.8. The van der Waals surface area contributed by atoms with E-state index in [4.69, 9.17) is 9.52 Å². The van der Waals surface area contributed by atoms with Gasteiger partial charge in [0, 0.05) is 19.1 Å². The Morgan fingerprint density at radius 3 is 2.88 bits per heavy atom. The molecule has 0 atom stereocenters. The van der Waals surface area contributed by atoms with Gasteiger partial charge in [-0.3, -0.25) is 0 Å². The molecule has 0 amide bonds. The zero-order valence-corrected chi connectivity index (χ0v) is 10.6. The van der Waals surface area contributed by atoms with Gasteiger partial charge in [-0.25, -0.2) is 4.79 Å². The summed E-state index contributed by atoms with van der Waals surface area (Å²) in [5, 5.41) is 12.0. The van der Waals surface area contributed by atoms with Crippen molar-refractivity contribution in [3.63, 3.8) is 0 Å². The Morgan fingerprint density at radius 2 is 2.29 bits per heavy atom. The minimum atomic E-state index is -0.949. The van der Waals surface area contributed by atoms with E-state index < -0.39 is 5.97 Å². The average Bonchev–Trinajstić information content (AvgIpc) is 2.72. The van der Waals surface area contributed by atoms with Crippen LogP contribution in [0.4, 0.5) is 0 Å². The molecule has 5 nitrogen and oxygen atoms in total. The van der Waals surface area contributed by atoms with Crippen molar-refractivity contribution < 1.29 is 14.3 Å². The summed E-state index contributed by atoms with van der Waals surface area (Å²) in [7, 11) is 2.06. The molecule has 0 saturated heterocycles. The van der Waals surface area contributed by atoms with Gasteiger partial charge in [0.15, 0.2) is 0 Å². The van der Waals surface area contributed by atoms with Crippen molar-refractivity contribution in [2.24, 2.45) is 0 Å². The van der Waals surface area contributed by atoms with E-state index in [2.05, 4.69) is 31.1 Å². The smallest absolute Gasteiger partial charge is 0.339 e. The third kappa shape index (κ3) is 4.20. The lowest BCUT2D eigenvalue weighted by atomic mass is 10.2. The van der Waals surface area contributed by atoms with Gasteiger partial charge in [-0.2, -0.15) is 0 Å². The summed E-state index contributed by atoms with van der Waals surface area (Å²) >= 11 is 0. The monoisotopic (exact) mass is 240 g/mol. The minimum absolute atomic E-state index is 0.231. The molecular weight excluding hydrogens is 220 g/mol. The number of carbonyl (C=O) groups is 1. The van der Waals surface area contributed by atoms with E-state index in [1.54, 1.807) is 0 Å². The van der Waals surface area contributed by atoms with E-state index in [1.807, 2.05) is 0 Å². The molecule has 1 aromatic heterocycles. The number of nitrogens with zero attached hydrogens (tertiary/aromatic N) is 1. The quantitative estimate of drug-likeness (QED) is 0.705. The van der Waals surface area contributed by atoms with E-state index in [0.29, 0.717) is 18.3 Å². The van der Waals surface area contributed by atoms with Gasteiger partial charge in [0.2, 0.25) is 0 Å². The minimum Gasteiger partial charge on any atom is -0.478 e. The van der Waals surface area contributed by atoms with Gasteiger partial charge in [0.1, 0.15) is 11.3 Å². The second kappa shape index (κ2) is 6.42. The normalized spacial score (nSPS) is 11.4. The molecule has 1 heterocycles. The van der Waals surface area contributed by atoms with Gasteiger partial charge in [-0.1, -0.05) is 0 Å². The summed E-state index contributed by atoms with van der Waals surface area (Å²) in [6, 6.07) is 1.98. The standard InChI is InChI=1S/C12H20N2O3/c1-9(2)14(3)6-5-13-8-11-10(12(15)16)4-7-17-11/h4,7,9,13H,5-6,8H2,1-3H3,(H,15,16). The maximum Gasteiger partial charge on any atom is 0.339 e. The Morgan fingerprint density at radius 1 is 1.59 bits per heavy atom. The Bertz CT molecular complexity index is 360. The molecule has 0 aliphatic rings. The molecule has 0 unspecified atom stereocenters. The van der Waals surface area contributed by atoms with Crippen LogP contribution in [0, 0.1) is 0 Å². The highest BCUT2D eigenvalue weighted by atomic mass is 16.4. The van der Waals surface area contributed by atoms with Crippen LogP contribution in [-0.2, 0) is 6.54 Å². The summed E-state index contributed by atoms with van der Waals surface area (Å²) in [6.07, 6.45) is 1.40. The highest BCUT2D eigenvalue weighted by Gasteiger charge is 2.12. The number of aromatic carboxylic acids is 1. The molecule has 1 aromatic rings. The number of nitrogens with one attached hydrogen (secondary N) is 1. The number of hydrogen-bond acceptors (Lipinski definition) is 4. The highest BCUT2D eigenvalue weighted by molar-refractivity contribution is 5.88. The van der Waals surface area contributed by atoms with E-state index in [9.17, 15) is 4.79 Å². The van der Waals surface area contributed by atoms with Gasteiger partial charge in [-0.05, 0) is 27.0 Å². The van der Waals surface area contributed by atoms with Crippen LogP contribution in [0.5, 0.6) is 0 Å². The van der Waals surface area contributed by atoms with Crippen molar-refractivity contribution in [1.82, 2.24) is 10.2 Å². The molecule has 0 saturated carbocycles. The molecule has 0 aliphatic carbocycles. The molecule has 0 fully saturated rings. The fraction of sp³-hybridized carbons (Fsp3) is 0.583. The van der Waals surface area contributed by atoms with Crippen LogP contribution in [0.15, 0.2) is 16.7 Å². The number of furan rings is 1. The van der Waals surface area contributed by atoms with Crippen molar-refractivity contribution in [3.8, 4) is 0 Å². The second-order valence-corrected chi connectivity index (χ2v) is 4.31. The van der Waals surface area contributed by atoms with Crippen molar-refractivity contribution in [1.29, 1.82) is 0 Å². The molecule has 96 valence electrons. The molecular formula is C12H20N2O3. The van der Waals surface area contributed by atoms with Crippen LogP contribution < -0.4 is 5.32 Å². The largest absolute Gasteiger partial charge is 0.478 e. The fourth-order valence-electron chi connectivity index (χ4n) is 1.38. The fourth-order valence-corrected chi connectivity index (χ4v) is 1.38. The summed E-state index contributed by atoms with van der Waals surface area (Å²) in [6.45, 7) is 6.43. The predicted octanol–water partition coefficient (Wildman–Crippen LogP) is 1.41. The lowest BCUT2D eigenvalue weighted by molar-refractivity contribution is 0.0694. The van der Waals surface area contributed by atoms with Crippen LogP contribution in [0.2, 0.25) is 0 Å². The summed E-state index contributed by atoms with van der Waals surface area (Å²) in [4.78, 5) is 13.0. The lowest BCUT2D eigenvalue weighted by Crippen LogP contribution is -2.33. The third-order valence-electron chi connectivity index (χ3n) is 2.78. The molecule has 0 aromatic carbocycles. The highest BCUT2D eigenvalue weighted by Crippen LogP contribution is 2.09.